The van der Waals surface area contributed by atoms with E-state index < -0.39 is 5.97 Å². The molecule has 0 spiro atoms. The normalized spacial score (nSPS) is 11.9. The minimum atomic E-state index is -0.811. The minimum absolute atomic E-state index is 0.00312. The second-order valence-corrected chi connectivity index (χ2v) is 3.88. The van der Waals surface area contributed by atoms with Crippen molar-refractivity contribution in [3.05, 3.63) is 24.3 Å². The first-order valence-electron chi connectivity index (χ1n) is 5.52. The molecule has 0 radical (unpaired) electrons. The molecule has 0 heterocycles. The number of carboxylic acid groups (broad SMARTS) is 1. The lowest BCUT2D eigenvalue weighted by Crippen LogP contribution is -2.23. The fourth-order valence-electron chi connectivity index (χ4n) is 1.21. The average molecular weight is 238 g/mol. The second kappa shape index (κ2) is 6.75. The highest BCUT2D eigenvalue weighted by molar-refractivity contribution is 5.67. The van der Waals surface area contributed by atoms with Gasteiger partial charge in [-0.2, -0.15) is 0 Å². The Morgan fingerprint density at radius 2 is 2.12 bits per heavy atom. The van der Waals surface area contributed by atoms with Crippen LogP contribution in [0.5, 0.6) is 5.75 Å². The van der Waals surface area contributed by atoms with E-state index in [2.05, 4.69) is 5.32 Å². The number of carbonyl (C=O) groups is 1. The number of hydrogen-bond donors (Lipinski definition) is 3. The topological polar surface area (TPSA) is 84.6 Å². The van der Waals surface area contributed by atoms with Crippen molar-refractivity contribution in [2.45, 2.75) is 19.4 Å². The van der Waals surface area contributed by atoms with Crippen molar-refractivity contribution in [1.29, 1.82) is 0 Å². The highest BCUT2D eigenvalue weighted by Crippen LogP contribution is 2.15. The quantitative estimate of drug-likeness (QED) is 0.666. The van der Waals surface area contributed by atoms with E-state index in [9.17, 15) is 4.79 Å². The zero-order valence-electron chi connectivity index (χ0n) is 9.85. The Bertz CT molecular complexity index is 349. The summed E-state index contributed by atoms with van der Waals surface area (Å²) in [5, 5.41) is 11.5. The Hall–Kier alpha value is -1.75. The summed E-state index contributed by atoms with van der Waals surface area (Å²) in [5.74, 6) is -0.0551. The molecule has 0 saturated carbocycles. The third-order valence-corrected chi connectivity index (χ3v) is 2.04. The summed E-state index contributed by atoms with van der Waals surface area (Å²) >= 11 is 0. The summed E-state index contributed by atoms with van der Waals surface area (Å²) in [5.41, 5.74) is 6.45. The van der Waals surface area contributed by atoms with Crippen molar-refractivity contribution in [3.63, 3.8) is 0 Å². The predicted octanol–water partition coefficient (Wildman–Crippen LogP) is 1.30. The molecule has 1 unspecified atom stereocenters. The molecule has 0 aliphatic carbocycles. The number of ether oxygens (including phenoxy) is 1. The molecule has 1 atom stereocenters. The van der Waals surface area contributed by atoms with E-state index in [1.807, 2.05) is 31.2 Å². The second-order valence-electron chi connectivity index (χ2n) is 3.88. The summed E-state index contributed by atoms with van der Waals surface area (Å²) in [7, 11) is 0. The van der Waals surface area contributed by atoms with Crippen molar-refractivity contribution in [3.8, 4) is 5.75 Å². The molecule has 5 nitrogen and oxygen atoms in total. The van der Waals surface area contributed by atoms with Gasteiger partial charge >= 0.3 is 5.97 Å². The van der Waals surface area contributed by atoms with Gasteiger partial charge in [-0.1, -0.05) is 0 Å². The van der Waals surface area contributed by atoms with Crippen LogP contribution in [-0.4, -0.2) is 30.3 Å². The van der Waals surface area contributed by atoms with Gasteiger partial charge in [0.15, 0.2) is 0 Å². The van der Waals surface area contributed by atoms with Crippen molar-refractivity contribution >= 4 is 11.7 Å². The molecule has 17 heavy (non-hydrogen) atoms. The number of nitrogens with one attached hydrogen (secondary N) is 1. The van der Waals surface area contributed by atoms with E-state index in [0.717, 1.165) is 11.4 Å². The van der Waals surface area contributed by atoms with Crippen molar-refractivity contribution < 1.29 is 14.6 Å². The molecule has 4 N–H and O–H groups in total. The Balaban J connectivity index is 2.36. The number of anilines is 1. The number of hydrogen-bond acceptors (Lipinski definition) is 4. The molecule has 5 heteroatoms. The number of rotatable bonds is 7. The standard InChI is InChI=1S/C12H18N2O3/c1-9(13)8-17-11-4-2-10(3-5-11)14-7-6-12(15)16/h2-5,9,14H,6-8,13H2,1H3,(H,15,16). The average Bonchev–Trinajstić information content (AvgIpc) is 2.27. The fourth-order valence-corrected chi connectivity index (χ4v) is 1.21. The molecule has 0 fully saturated rings. The SMILES string of the molecule is CC(N)COc1ccc(NCCC(=O)O)cc1. The van der Waals surface area contributed by atoms with E-state index in [1.165, 1.54) is 0 Å². The molecule has 0 aliphatic rings. The highest BCUT2D eigenvalue weighted by atomic mass is 16.5. The number of nitrogens with two attached hydrogens (primary N) is 1. The van der Waals surface area contributed by atoms with Crippen LogP contribution in [0.3, 0.4) is 0 Å². The zero-order valence-corrected chi connectivity index (χ0v) is 9.85. The van der Waals surface area contributed by atoms with Gasteiger partial charge < -0.3 is 20.9 Å². The monoisotopic (exact) mass is 238 g/mol. The van der Waals surface area contributed by atoms with E-state index in [-0.39, 0.29) is 12.5 Å². The lowest BCUT2D eigenvalue weighted by Gasteiger charge is -2.10. The summed E-state index contributed by atoms with van der Waals surface area (Å²) < 4.78 is 5.42. The van der Waals surface area contributed by atoms with Gasteiger partial charge in [0.1, 0.15) is 12.4 Å². The molecule has 0 saturated heterocycles. The van der Waals surface area contributed by atoms with Gasteiger partial charge in [-0.25, -0.2) is 0 Å². The van der Waals surface area contributed by atoms with Crippen LogP contribution in [0.1, 0.15) is 13.3 Å². The first kappa shape index (κ1) is 13.3. The Morgan fingerprint density at radius 1 is 1.47 bits per heavy atom. The van der Waals surface area contributed by atoms with E-state index in [0.29, 0.717) is 13.2 Å². The lowest BCUT2D eigenvalue weighted by molar-refractivity contribution is -0.136. The maximum atomic E-state index is 10.3. The third-order valence-electron chi connectivity index (χ3n) is 2.04. The summed E-state index contributed by atoms with van der Waals surface area (Å²) in [6.45, 7) is 2.77. The van der Waals surface area contributed by atoms with Crippen LogP contribution >= 0.6 is 0 Å². The van der Waals surface area contributed by atoms with Crippen LogP contribution in [0.25, 0.3) is 0 Å². The molecule has 0 aliphatic heterocycles. The van der Waals surface area contributed by atoms with Crippen LogP contribution < -0.4 is 15.8 Å². The molecule has 94 valence electrons. The smallest absolute Gasteiger partial charge is 0.305 e. The molecular weight excluding hydrogens is 220 g/mol. The van der Waals surface area contributed by atoms with Crippen molar-refractivity contribution in [1.82, 2.24) is 0 Å². The van der Waals surface area contributed by atoms with Gasteiger partial charge in [0.05, 0.1) is 6.42 Å². The van der Waals surface area contributed by atoms with Gasteiger partial charge in [-0.05, 0) is 31.2 Å². The first-order valence-corrected chi connectivity index (χ1v) is 5.52. The molecule has 1 rings (SSSR count). The predicted molar refractivity (Wildman–Crippen MR) is 66.3 cm³/mol. The summed E-state index contributed by atoms with van der Waals surface area (Å²) in [6.07, 6.45) is 0.100. The van der Waals surface area contributed by atoms with Gasteiger partial charge in [-0.15, -0.1) is 0 Å². The minimum Gasteiger partial charge on any atom is -0.492 e. The largest absolute Gasteiger partial charge is 0.492 e. The molecular formula is C12H18N2O3. The maximum absolute atomic E-state index is 10.3. The summed E-state index contributed by atoms with van der Waals surface area (Å²) in [6, 6.07) is 7.34. The Labute approximate surface area is 101 Å². The third kappa shape index (κ3) is 5.77. The highest BCUT2D eigenvalue weighted by Gasteiger charge is 1.99. The van der Waals surface area contributed by atoms with E-state index in [1.54, 1.807) is 0 Å². The van der Waals surface area contributed by atoms with E-state index in [4.69, 9.17) is 15.6 Å². The van der Waals surface area contributed by atoms with Crippen molar-refractivity contribution in [2.75, 3.05) is 18.5 Å². The van der Waals surface area contributed by atoms with Crippen LogP contribution in [0.2, 0.25) is 0 Å². The molecule has 1 aromatic carbocycles. The molecule has 0 aromatic heterocycles. The molecule has 1 aromatic rings. The number of benzene rings is 1. The van der Waals surface area contributed by atoms with Gasteiger partial charge in [0.25, 0.3) is 0 Å². The zero-order chi connectivity index (χ0) is 12.7. The molecule has 0 bridgehead atoms. The lowest BCUT2D eigenvalue weighted by atomic mass is 10.3. The number of carboxylic acids is 1. The molecule has 0 amide bonds. The van der Waals surface area contributed by atoms with Gasteiger partial charge in [0, 0.05) is 18.3 Å². The van der Waals surface area contributed by atoms with Gasteiger partial charge in [-0.3, -0.25) is 4.79 Å². The Morgan fingerprint density at radius 3 is 2.65 bits per heavy atom. The van der Waals surface area contributed by atoms with Crippen LogP contribution in [0, 0.1) is 0 Å². The van der Waals surface area contributed by atoms with Gasteiger partial charge in [0.2, 0.25) is 0 Å². The first-order chi connectivity index (χ1) is 8.08. The fraction of sp³-hybridized carbons (Fsp3) is 0.417. The van der Waals surface area contributed by atoms with Crippen LogP contribution in [0.4, 0.5) is 5.69 Å². The van der Waals surface area contributed by atoms with E-state index >= 15 is 0 Å². The maximum Gasteiger partial charge on any atom is 0.305 e. The van der Waals surface area contributed by atoms with Crippen LogP contribution in [0.15, 0.2) is 24.3 Å². The van der Waals surface area contributed by atoms with Crippen LogP contribution in [-0.2, 0) is 4.79 Å². The number of aliphatic carboxylic acids is 1. The van der Waals surface area contributed by atoms with Crippen molar-refractivity contribution in [2.24, 2.45) is 5.73 Å². The summed E-state index contributed by atoms with van der Waals surface area (Å²) in [4.78, 5) is 10.3. The Kier molecular flexibility index (Phi) is 5.29.